The van der Waals surface area contributed by atoms with E-state index in [1.807, 2.05) is 11.2 Å². The molecule has 1 aromatic rings. The van der Waals surface area contributed by atoms with Crippen molar-refractivity contribution >= 4 is 41.4 Å². The number of hydrogen-bond acceptors (Lipinski definition) is 5. The number of ether oxygens (including phenoxy) is 1. The lowest BCUT2D eigenvalue weighted by atomic mass is 9.85. The molecule has 0 aliphatic carbocycles. The molecule has 1 amide bonds. The molecule has 2 aliphatic rings. The quantitative estimate of drug-likeness (QED) is 0.877. The molecule has 1 atom stereocenters. The standard InChI is InChI=1S/C16H24N2O2S2.ClH/c1-21-10-4-13(17)15(19)18-7-5-16(6-8-18)14-12(2-9-20-16)3-11-22-14;/h3,11,13H,2,4-10,17H2,1H3;1H/t13-;/m0./s1. The third-order valence-electron chi connectivity index (χ3n) is 4.74. The fourth-order valence-electron chi connectivity index (χ4n) is 3.42. The number of thiophene rings is 1. The Morgan fingerprint density at radius 2 is 2.26 bits per heavy atom. The summed E-state index contributed by atoms with van der Waals surface area (Å²) >= 11 is 3.54. The zero-order chi connectivity index (χ0) is 15.6. The highest BCUT2D eigenvalue weighted by molar-refractivity contribution is 7.98. The van der Waals surface area contributed by atoms with Crippen LogP contribution in [0.25, 0.3) is 0 Å². The van der Waals surface area contributed by atoms with Gasteiger partial charge in [0.05, 0.1) is 12.6 Å². The van der Waals surface area contributed by atoms with Gasteiger partial charge in [-0.1, -0.05) is 0 Å². The zero-order valence-electron chi connectivity index (χ0n) is 13.5. The van der Waals surface area contributed by atoms with Crippen molar-refractivity contribution in [3.05, 3.63) is 21.9 Å². The minimum absolute atomic E-state index is 0. The SMILES string of the molecule is CSCC[C@H](N)C(=O)N1CCC2(CC1)OCCc1ccsc12.Cl. The molecule has 3 heterocycles. The summed E-state index contributed by atoms with van der Waals surface area (Å²) in [5.74, 6) is 1.04. The summed E-state index contributed by atoms with van der Waals surface area (Å²) in [5.41, 5.74) is 7.32. The number of likely N-dealkylation sites (tertiary alicyclic amines) is 1. The van der Waals surface area contributed by atoms with Crippen LogP contribution >= 0.6 is 35.5 Å². The van der Waals surface area contributed by atoms with Gasteiger partial charge in [-0.05, 0) is 54.7 Å². The molecule has 0 aromatic carbocycles. The number of halogens is 1. The third-order valence-corrected chi connectivity index (χ3v) is 6.53. The number of piperidine rings is 1. The van der Waals surface area contributed by atoms with Gasteiger partial charge in [-0.25, -0.2) is 0 Å². The van der Waals surface area contributed by atoms with Gasteiger partial charge in [0, 0.05) is 18.0 Å². The van der Waals surface area contributed by atoms with Crippen LogP contribution in [0, 0.1) is 0 Å². The Kier molecular flexibility index (Phi) is 6.80. The van der Waals surface area contributed by atoms with Crippen molar-refractivity contribution in [2.24, 2.45) is 5.73 Å². The number of rotatable bonds is 4. The molecule has 2 aliphatic heterocycles. The van der Waals surface area contributed by atoms with Crippen LogP contribution in [0.1, 0.15) is 29.7 Å². The van der Waals surface area contributed by atoms with Crippen molar-refractivity contribution in [3.63, 3.8) is 0 Å². The van der Waals surface area contributed by atoms with Crippen LogP contribution in [-0.2, 0) is 21.6 Å². The second-order valence-electron chi connectivity index (χ2n) is 6.08. The van der Waals surface area contributed by atoms with Gasteiger partial charge < -0.3 is 15.4 Å². The van der Waals surface area contributed by atoms with Gasteiger partial charge in [-0.3, -0.25) is 4.79 Å². The van der Waals surface area contributed by atoms with Crippen molar-refractivity contribution < 1.29 is 9.53 Å². The van der Waals surface area contributed by atoms with Crippen LogP contribution in [0.2, 0.25) is 0 Å². The molecule has 130 valence electrons. The van der Waals surface area contributed by atoms with E-state index >= 15 is 0 Å². The van der Waals surface area contributed by atoms with E-state index in [2.05, 4.69) is 11.4 Å². The van der Waals surface area contributed by atoms with Crippen LogP contribution in [-0.4, -0.2) is 48.6 Å². The maximum absolute atomic E-state index is 12.4. The summed E-state index contributed by atoms with van der Waals surface area (Å²) in [7, 11) is 0. The van der Waals surface area contributed by atoms with E-state index < -0.39 is 0 Å². The fraction of sp³-hybridized carbons (Fsp3) is 0.688. The summed E-state index contributed by atoms with van der Waals surface area (Å²) in [4.78, 5) is 15.7. The van der Waals surface area contributed by atoms with Gasteiger partial charge >= 0.3 is 0 Å². The lowest BCUT2D eigenvalue weighted by Gasteiger charge is -2.44. The van der Waals surface area contributed by atoms with Gasteiger partial charge in [0.15, 0.2) is 0 Å². The van der Waals surface area contributed by atoms with Crippen molar-refractivity contribution in [2.45, 2.75) is 37.3 Å². The Labute approximate surface area is 152 Å². The van der Waals surface area contributed by atoms with E-state index in [4.69, 9.17) is 10.5 Å². The number of nitrogens with two attached hydrogens (primary N) is 1. The molecule has 1 spiro atoms. The Balaban J connectivity index is 0.00000192. The summed E-state index contributed by atoms with van der Waals surface area (Å²) < 4.78 is 6.18. The first-order chi connectivity index (χ1) is 10.7. The van der Waals surface area contributed by atoms with Gasteiger partial charge in [0.25, 0.3) is 0 Å². The summed E-state index contributed by atoms with van der Waals surface area (Å²) in [6.07, 6.45) is 5.60. The Bertz CT molecular complexity index is 530. The van der Waals surface area contributed by atoms with E-state index in [-0.39, 0.29) is 30.0 Å². The lowest BCUT2D eigenvalue weighted by molar-refractivity contribution is -0.141. The van der Waals surface area contributed by atoms with Crippen molar-refractivity contribution in [1.82, 2.24) is 4.90 Å². The van der Waals surface area contributed by atoms with Crippen LogP contribution in [0.5, 0.6) is 0 Å². The van der Waals surface area contributed by atoms with Crippen molar-refractivity contribution in [3.8, 4) is 0 Å². The highest BCUT2D eigenvalue weighted by Crippen LogP contribution is 2.44. The van der Waals surface area contributed by atoms with E-state index in [1.54, 1.807) is 23.1 Å². The highest BCUT2D eigenvalue weighted by atomic mass is 35.5. The molecule has 0 unspecified atom stereocenters. The topological polar surface area (TPSA) is 55.6 Å². The average Bonchev–Trinajstić information content (AvgIpc) is 3.03. The van der Waals surface area contributed by atoms with Gasteiger partial charge in [0.2, 0.25) is 5.91 Å². The smallest absolute Gasteiger partial charge is 0.239 e. The predicted octanol–water partition coefficient (Wildman–Crippen LogP) is 2.64. The normalized spacial score (nSPS) is 20.7. The van der Waals surface area contributed by atoms with Gasteiger partial charge in [0.1, 0.15) is 5.60 Å². The molecule has 7 heteroatoms. The minimum Gasteiger partial charge on any atom is -0.369 e. The molecule has 23 heavy (non-hydrogen) atoms. The van der Waals surface area contributed by atoms with Crippen molar-refractivity contribution in [2.75, 3.05) is 31.7 Å². The van der Waals surface area contributed by atoms with E-state index in [9.17, 15) is 4.79 Å². The number of fused-ring (bicyclic) bond motifs is 2. The Hall–Kier alpha value is -0.270. The maximum atomic E-state index is 12.4. The van der Waals surface area contributed by atoms with Crippen LogP contribution in [0.15, 0.2) is 11.4 Å². The van der Waals surface area contributed by atoms with E-state index in [0.29, 0.717) is 0 Å². The number of thioether (sulfide) groups is 1. The molecule has 3 rings (SSSR count). The third kappa shape index (κ3) is 3.87. The summed E-state index contributed by atoms with van der Waals surface area (Å²) in [5, 5.41) is 2.16. The number of hydrogen-bond donors (Lipinski definition) is 1. The maximum Gasteiger partial charge on any atom is 0.239 e. The zero-order valence-corrected chi connectivity index (χ0v) is 15.9. The molecular weight excluding hydrogens is 352 g/mol. The highest BCUT2D eigenvalue weighted by Gasteiger charge is 2.42. The van der Waals surface area contributed by atoms with Gasteiger partial charge in [-0.2, -0.15) is 11.8 Å². The molecule has 0 bridgehead atoms. The van der Waals surface area contributed by atoms with E-state index in [1.165, 1.54) is 10.4 Å². The number of carbonyl (C=O) groups excluding carboxylic acids is 1. The first kappa shape index (κ1) is 19.1. The molecule has 0 saturated carbocycles. The second kappa shape index (κ2) is 8.21. The van der Waals surface area contributed by atoms with Crippen LogP contribution in [0.3, 0.4) is 0 Å². The fourth-order valence-corrected chi connectivity index (χ4v) is 5.07. The number of amides is 1. The Morgan fingerprint density at radius 1 is 1.52 bits per heavy atom. The molecule has 2 N–H and O–H groups in total. The van der Waals surface area contributed by atoms with Crippen LogP contribution in [0.4, 0.5) is 0 Å². The summed E-state index contributed by atoms with van der Waals surface area (Å²) in [6, 6.07) is 1.87. The number of carbonyl (C=O) groups is 1. The summed E-state index contributed by atoms with van der Waals surface area (Å²) in [6.45, 7) is 2.30. The molecule has 4 nitrogen and oxygen atoms in total. The predicted molar refractivity (Wildman–Crippen MR) is 99.7 cm³/mol. The molecular formula is C16H25ClN2O2S2. The molecule has 1 saturated heterocycles. The average molecular weight is 377 g/mol. The molecule has 1 fully saturated rings. The molecule has 1 aromatic heterocycles. The number of nitrogens with zero attached hydrogens (tertiary/aromatic N) is 1. The van der Waals surface area contributed by atoms with Gasteiger partial charge in [-0.15, -0.1) is 23.7 Å². The second-order valence-corrected chi connectivity index (χ2v) is 7.98. The monoisotopic (exact) mass is 376 g/mol. The Morgan fingerprint density at radius 3 is 2.96 bits per heavy atom. The van der Waals surface area contributed by atoms with Crippen LogP contribution < -0.4 is 5.73 Å². The lowest BCUT2D eigenvalue weighted by Crippen LogP contribution is -2.52. The largest absolute Gasteiger partial charge is 0.369 e. The first-order valence-corrected chi connectivity index (χ1v) is 10.2. The minimum atomic E-state index is -0.355. The van der Waals surface area contributed by atoms with E-state index in [0.717, 1.165) is 51.1 Å². The first-order valence-electron chi connectivity index (χ1n) is 7.90. The van der Waals surface area contributed by atoms with Crippen molar-refractivity contribution in [1.29, 1.82) is 0 Å². The molecule has 0 radical (unpaired) electrons.